The van der Waals surface area contributed by atoms with Crippen molar-refractivity contribution in [2.24, 2.45) is 0 Å². The Morgan fingerprint density at radius 2 is 1.03 bits per heavy atom. The molecule has 1 aliphatic heterocycles. The topological polar surface area (TPSA) is 33.5 Å². The number of nitrogens with zero attached hydrogens (tertiary/aromatic N) is 4. The molecule has 0 spiro atoms. The normalized spacial score (nSPS) is 12.9. The summed E-state index contributed by atoms with van der Waals surface area (Å²) >= 11 is 0. The van der Waals surface area contributed by atoms with Crippen molar-refractivity contribution >= 4 is 44.6 Å². The summed E-state index contributed by atoms with van der Waals surface area (Å²) in [4.78, 5) is 9.59. The van der Waals surface area contributed by atoms with E-state index in [9.17, 15) is 0 Å². The number of anilines is 4. The summed E-state index contributed by atoms with van der Waals surface area (Å²) in [7, 11) is 0. The van der Waals surface area contributed by atoms with Gasteiger partial charge in [-0.2, -0.15) is 12.1 Å². The largest absolute Gasteiger partial charge is 4.00 e. The SMILES string of the molecule is CC(C)(C)c1cccc(N2[CH-]N(c3[c-]c(Oc4[c-]c5c(cc4)c4cc(-c6ccccc6)ccc4n5-c4cc(C(C)(C)C)ccn4)ccc3)c3cc(C(C)(C)c4ccccc4)c(C(C)(C)c4ccccc4)cc32)c1.[CH3-].[Pt+4]. The second-order valence-corrected chi connectivity index (χ2v) is 22.7. The van der Waals surface area contributed by atoms with Crippen molar-refractivity contribution in [3.05, 3.63) is 254 Å². The van der Waals surface area contributed by atoms with Crippen molar-refractivity contribution in [2.75, 3.05) is 9.80 Å². The maximum absolute atomic E-state index is 6.85. The fourth-order valence-corrected chi connectivity index (χ4v) is 10.6. The van der Waals surface area contributed by atoms with Gasteiger partial charge in [-0.3, -0.25) is 0 Å². The van der Waals surface area contributed by atoms with Crippen LogP contribution >= 0.6 is 0 Å². The molecule has 2 aromatic heterocycles. The van der Waals surface area contributed by atoms with Crippen molar-refractivity contribution in [2.45, 2.75) is 90.9 Å². The maximum Gasteiger partial charge on any atom is 4.00 e. The van der Waals surface area contributed by atoms with Gasteiger partial charge in [0.25, 0.3) is 0 Å². The number of fused-ring (bicyclic) bond motifs is 4. The van der Waals surface area contributed by atoms with Crippen molar-refractivity contribution < 1.29 is 25.8 Å². The van der Waals surface area contributed by atoms with E-state index in [-0.39, 0.29) is 50.2 Å². The van der Waals surface area contributed by atoms with Gasteiger partial charge in [-0.05, 0) is 103 Å². The molecule has 0 saturated heterocycles. The minimum absolute atomic E-state index is 0. The van der Waals surface area contributed by atoms with Crippen LogP contribution < -0.4 is 14.5 Å². The molecule has 0 amide bonds. The zero-order chi connectivity index (χ0) is 50.9. The molecule has 378 valence electrons. The Morgan fingerprint density at radius 1 is 0.467 bits per heavy atom. The van der Waals surface area contributed by atoms with E-state index in [1.807, 2.05) is 18.3 Å². The molecule has 11 rings (SSSR count). The number of aromatic nitrogens is 2. The molecule has 0 radical (unpaired) electrons. The Morgan fingerprint density at radius 3 is 1.65 bits per heavy atom. The van der Waals surface area contributed by atoms with E-state index in [1.165, 1.54) is 38.9 Å². The van der Waals surface area contributed by atoms with Crippen LogP contribution in [-0.4, -0.2) is 9.55 Å². The minimum Gasteiger partial charge on any atom is -0.509 e. The zero-order valence-corrected chi connectivity index (χ0v) is 47.3. The molecule has 6 heteroatoms. The van der Waals surface area contributed by atoms with Crippen LogP contribution in [0, 0.1) is 26.2 Å². The summed E-state index contributed by atoms with van der Waals surface area (Å²) in [5.74, 6) is 2.02. The van der Waals surface area contributed by atoms with Crippen molar-refractivity contribution in [1.82, 2.24) is 9.55 Å². The number of hydrogen-bond acceptors (Lipinski definition) is 4. The molecule has 0 atom stereocenters. The van der Waals surface area contributed by atoms with Gasteiger partial charge in [0.1, 0.15) is 5.82 Å². The monoisotopic (exact) mass is 1160 g/mol. The fraction of sp³-hybridized carbons (Fsp3) is 0.203. The standard InChI is InChI=1S/C68H63N4O.CH3.Pt/c1-65(2,3)50-28-20-29-52(39-50)70-45-71(63-44-59(68(9,10)49-26-18-13-19-27-49)58(43-62(63)70)67(7,8)48-24-16-12-17-25-48)53-30-21-31-54(41-53)73-55-33-34-56-57-38-47(46-22-14-11-15-23-46)32-35-60(57)72(61(56)42-55)64-40-51(36-37-69-64)66(4,5)6;;/h11-40,43-45H,1-10H3;1H3;/q-3;-1;+4. The van der Waals surface area contributed by atoms with Gasteiger partial charge in [0.05, 0.1) is 0 Å². The van der Waals surface area contributed by atoms with Gasteiger partial charge >= 0.3 is 21.1 Å². The van der Waals surface area contributed by atoms with Crippen LogP contribution in [0.2, 0.25) is 0 Å². The Labute approximate surface area is 460 Å². The van der Waals surface area contributed by atoms with Crippen LogP contribution in [-0.2, 0) is 42.7 Å². The predicted octanol–water partition coefficient (Wildman–Crippen LogP) is 18.3. The van der Waals surface area contributed by atoms with Crippen LogP contribution in [0.25, 0.3) is 38.8 Å². The van der Waals surface area contributed by atoms with Crippen LogP contribution in [0.4, 0.5) is 22.7 Å². The van der Waals surface area contributed by atoms with Crippen LogP contribution in [0.1, 0.15) is 103 Å². The van der Waals surface area contributed by atoms with Crippen molar-refractivity contribution in [1.29, 1.82) is 0 Å². The number of benzene rings is 8. The number of ether oxygens (including phenoxy) is 1. The molecular weight excluding hydrogens is 1100 g/mol. The maximum atomic E-state index is 6.85. The summed E-state index contributed by atoms with van der Waals surface area (Å²) in [5, 5.41) is 2.20. The Bertz CT molecular complexity index is 3660. The van der Waals surface area contributed by atoms with E-state index in [0.29, 0.717) is 11.5 Å². The second kappa shape index (κ2) is 20.2. The van der Waals surface area contributed by atoms with E-state index >= 15 is 0 Å². The first-order chi connectivity index (χ1) is 34.9. The van der Waals surface area contributed by atoms with Gasteiger partial charge in [-0.25, -0.2) is 4.98 Å². The summed E-state index contributed by atoms with van der Waals surface area (Å²) in [6, 6.07) is 75.0. The average molecular weight is 1160 g/mol. The molecule has 10 aromatic rings. The molecule has 75 heavy (non-hydrogen) atoms. The van der Waals surface area contributed by atoms with E-state index in [0.717, 1.165) is 55.9 Å². The van der Waals surface area contributed by atoms with Gasteiger partial charge in [0.15, 0.2) is 0 Å². The Hall–Kier alpha value is -7.20. The molecule has 0 unspecified atom stereocenters. The molecule has 0 bridgehead atoms. The molecule has 5 nitrogen and oxygen atoms in total. The molecule has 8 aromatic carbocycles. The first-order valence-electron chi connectivity index (χ1n) is 25.5. The van der Waals surface area contributed by atoms with Gasteiger partial charge in [0, 0.05) is 51.1 Å². The Kier molecular flexibility index (Phi) is 14.1. The smallest absolute Gasteiger partial charge is 0.509 e. The third kappa shape index (κ3) is 9.84. The molecule has 3 heterocycles. The first-order valence-corrected chi connectivity index (χ1v) is 25.5. The van der Waals surface area contributed by atoms with Crippen molar-refractivity contribution in [3.63, 3.8) is 0 Å². The van der Waals surface area contributed by atoms with Crippen molar-refractivity contribution in [3.8, 4) is 28.4 Å². The predicted molar refractivity (Wildman–Crippen MR) is 311 cm³/mol. The minimum atomic E-state index is -0.346. The van der Waals surface area contributed by atoms with Gasteiger partial charge in [-0.15, -0.1) is 48.1 Å². The molecular formula is C69H66N4OPt. The van der Waals surface area contributed by atoms with Gasteiger partial charge < -0.3 is 26.5 Å². The summed E-state index contributed by atoms with van der Waals surface area (Å²) in [5.41, 5.74) is 15.2. The van der Waals surface area contributed by atoms with E-state index in [4.69, 9.17) is 9.72 Å². The summed E-state index contributed by atoms with van der Waals surface area (Å²) < 4.78 is 9.07. The molecule has 0 N–H and O–H groups in total. The van der Waals surface area contributed by atoms with E-state index in [1.54, 1.807) is 0 Å². The van der Waals surface area contributed by atoms with Crippen LogP contribution in [0.5, 0.6) is 11.5 Å². The molecule has 0 saturated carbocycles. The molecule has 0 fully saturated rings. The van der Waals surface area contributed by atoms with Gasteiger partial charge in [0.2, 0.25) is 0 Å². The number of rotatable bonds is 10. The number of hydrogen-bond donors (Lipinski definition) is 0. The molecule has 1 aliphatic rings. The average Bonchev–Trinajstić information content (AvgIpc) is 3.94. The molecule has 0 aliphatic carbocycles. The summed E-state index contributed by atoms with van der Waals surface area (Å²) in [6.07, 6.45) is 1.92. The first kappa shape index (κ1) is 52.7. The van der Waals surface area contributed by atoms with E-state index < -0.39 is 0 Å². The quantitative estimate of drug-likeness (QED) is 0.128. The Balaban J connectivity index is 0.00000344. The third-order valence-electron chi connectivity index (χ3n) is 15.0. The summed E-state index contributed by atoms with van der Waals surface area (Å²) in [6.45, 7) is 25.2. The van der Waals surface area contributed by atoms with Crippen LogP contribution in [0.15, 0.2) is 194 Å². The second-order valence-electron chi connectivity index (χ2n) is 22.7. The van der Waals surface area contributed by atoms with E-state index in [2.05, 4.69) is 278 Å². The fourth-order valence-electron chi connectivity index (χ4n) is 10.6. The van der Waals surface area contributed by atoms with Gasteiger partial charge in [-0.1, -0.05) is 190 Å². The third-order valence-corrected chi connectivity index (χ3v) is 15.0. The van der Waals surface area contributed by atoms with Crippen LogP contribution in [0.3, 0.4) is 0 Å². The number of pyridine rings is 1. The zero-order valence-electron chi connectivity index (χ0n) is 45.1.